The Labute approximate surface area is 202 Å². The topological polar surface area (TPSA) is 71.3 Å². The van der Waals surface area contributed by atoms with Crippen molar-refractivity contribution in [2.24, 2.45) is 4.99 Å². The van der Waals surface area contributed by atoms with Gasteiger partial charge in [-0.2, -0.15) is 4.99 Å². The molecule has 0 saturated carbocycles. The Hall–Kier alpha value is -2.55. The number of hydrogen-bond donors (Lipinski definition) is 0. The second kappa shape index (κ2) is 12.1. The molecule has 7 nitrogen and oxygen atoms in total. The van der Waals surface area contributed by atoms with Gasteiger partial charge >= 0.3 is 0 Å². The molecule has 1 aromatic heterocycles. The first kappa shape index (κ1) is 25.1. The van der Waals surface area contributed by atoms with Gasteiger partial charge in [0.2, 0.25) is 5.75 Å². The van der Waals surface area contributed by atoms with Crippen molar-refractivity contribution < 1.29 is 23.7 Å². The molecule has 2 aromatic carbocycles. The van der Waals surface area contributed by atoms with Crippen LogP contribution in [0.2, 0.25) is 5.02 Å². The average Bonchev–Trinajstić information content (AvgIpc) is 3.14. The molecule has 0 aliphatic carbocycles. The van der Waals surface area contributed by atoms with Gasteiger partial charge < -0.3 is 23.5 Å². The molecule has 0 aliphatic rings. The van der Waals surface area contributed by atoms with E-state index in [4.69, 9.17) is 30.5 Å². The van der Waals surface area contributed by atoms with Crippen LogP contribution in [0, 0.1) is 0 Å². The third-order valence-electron chi connectivity index (χ3n) is 4.67. The summed E-state index contributed by atoms with van der Waals surface area (Å²) in [6.07, 6.45) is 0. The summed E-state index contributed by atoms with van der Waals surface area (Å²) in [5, 5.41) is 0.604. The summed E-state index contributed by atoms with van der Waals surface area (Å²) in [7, 11) is 0. The van der Waals surface area contributed by atoms with Crippen LogP contribution in [-0.4, -0.2) is 43.5 Å². The van der Waals surface area contributed by atoms with Crippen LogP contribution in [-0.2, 0) is 11.3 Å². The normalized spacial score (nSPS) is 11.7. The standard InChI is InChI=1S/C24H29ClN2O5S/c1-5-29-13-12-27-21-17(25)10-9-11-20(21)33-24(27)26-23(28)16-14-18(30-6-2)22(32-8-4)19(15-16)31-7-3/h9-11,14-15H,5-8,12-13H2,1-4H3. The number of ether oxygens (including phenoxy) is 4. The lowest BCUT2D eigenvalue weighted by Crippen LogP contribution is -2.20. The van der Waals surface area contributed by atoms with Crippen LogP contribution in [0.4, 0.5) is 0 Å². The fourth-order valence-electron chi connectivity index (χ4n) is 3.34. The van der Waals surface area contributed by atoms with Gasteiger partial charge in [-0.15, -0.1) is 0 Å². The van der Waals surface area contributed by atoms with E-state index in [1.165, 1.54) is 11.3 Å². The second-order valence-electron chi connectivity index (χ2n) is 6.84. The zero-order chi connectivity index (χ0) is 23.8. The van der Waals surface area contributed by atoms with E-state index in [0.29, 0.717) is 72.2 Å². The quantitative estimate of drug-likeness (QED) is 0.338. The maximum atomic E-state index is 13.3. The number of carbonyl (C=O) groups excluding carboxylic acids is 1. The van der Waals surface area contributed by atoms with E-state index in [2.05, 4.69) is 4.99 Å². The van der Waals surface area contributed by atoms with Gasteiger partial charge in [0, 0.05) is 18.7 Å². The zero-order valence-corrected chi connectivity index (χ0v) is 20.9. The number of hydrogen-bond acceptors (Lipinski definition) is 6. The number of carbonyl (C=O) groups is 1. The van der Waals surface area contributed by atoms with Crippen LogP contribution in [0.15, 0.2) is 35.3 Å². The van der Waals surface area contributed by atoms with E-state index in [0.717, 1.165) is 10.2 Å². The minimum absolute atomic E-state index is 0.352. The Morgan fingerprint density at radius 3 is 2.27 bits per heavy atom. The van der Waals surface area contributed by atoms with E-state index < -0.39 is 5.91 Å². The molecular weight excluding hydrogens is 464 g/mol. The van der Waals surface area contributed by atoms with E-state index in [1.54, 1.807) is 12.1 Å². The van der Waals surface area contributed by atoms with Crippen LogP contribution in [0.25, 0.3) is 10.2 Å². The lowest BCUT2D eigenvalue weighted by Gasteiger charge is -2.16. The fourth-order valence-corrected chi connectivity index (χ4v) is 4.76. The number of thiazole rings is 1. The van der Waals surface area contributed by atoms with Crippen molar-refractivity contribution in [3.05, 3.63) is 45.7 Å². The monoisotopic (exact) mass is 492 g/mol. The molecule has 0 spiro atoms. The molecule has 1 heterocycles. The molecule has 33 heavy (non-hydrogen) atoms. The first-order valence-corrected chi connectivity index (χ1v) is 12.2. The SMILES string of the molecule is CCOCCn1c(=NC(=O)c2cc(OCC)c(OCC)c(OCC)c2)sc2cccc(Cl)c21. The summed E-state index contributed by atoms with van der Waals surface area (Å²) in [5.74, 6) is 0.978. The Morgan fingerprint density at radius 2 is 1.67 bits per heavy atom. The predicted molar refractivity (Wildman–Crippen MR) is 131 cm³/mol. The van der Waals surface area contributed by atoms with Gasteiger partial charge in [-0.1, -0.05) is 29.0 Å². The number of aromatic nitrogens is 1. The maximum Gasteiger partial charge on any atom is 0.279 e. The molecule has 0 saturated heterocycles. The number of benzene rings is 2. The van der Waals surface area contributed by atoms with Gasteiger partial charge in [-0.3, -0.25) is 4.79 Å². The average molecular weight is 493 g/mol. The Balaban J connectivity index is 2.11. The van der Waals surface area contributed by atoms with E-state index >= 15 is 0 Å². The molecule has 0 bridgehead atoms. The Bertz CT molecular complexity index is 1140. The predicted octanol–water partition coefficient (Wildman–Crippen LogP) is 5.33. The van der Waals surface area contributed by atoms with Crippen LogP contribution in [0.1, 0.15) is 38.1 Å². The zero-order valence-electron chi connectivity index (χ0n) is 19.4. The molecular formula is C24H29ClN2O5S. The molecule has 0 aliphatic heterocycles. The molecule has 0 fully saturated rings. The largest absolute Gasteiger partial charge is 0.490 e. The molecule has 3 rings (SSSR count). The highest BCUT2D eigenvalue weighted by atomic mass is 35.5. The van der Waals surface area contributed by atoms with Crippen molar-refractivity contribution in [3.8, 4) is 17.2 Å². The number of amides is 1. The van der Waals surface area contributed by atoms with Crippen LogP contribution < -0.4 is 19.0 Å². The summed E-state index contributed by atoms with van der Waals surface area (Å²) in [5.41, 5.74) is 1.19. The summed E-state index contributed by atoms with van der Waals surface area (Å²) >= 11 is 7.88. The molecule has 0 unspecified atom stereocenters. The first-order chi connectivity index (χ1) is 16.0. The van der Waals surface area contributed by atoms with Crippen LogP contribution >= 0.6 is 22.9 Å². The third-order valence-corrected chi connectivity index (χ3v) is 6.02. The minimum atomic E-state index is -0.409. The van der Waals surface area contributed by atoms with Gasteiger partial charge in [0.1, 0.15) is 0 Å². The number of nitrogens with zero attached hydrogens (tertiary/aromatic N) is 2. The molecule has 0 N–H and O–H groups in total. The smallest absolute Gasteiger partial charge is 0.279 e. The van der Waals surface area contributed by atoms with Crippen LogP contribution in [0.3, 0.4) is 0 Å². The Morgan fingerprint density at radius 1 is 1.00 bits per heavy atom. The number of halogens is 1. The summed E-state index contributed by atoms with van der Waals surface area (Å²) in [4.78, 5) is 18.2. The van der Waals surface area contributed by atoms with E-state index in [1.807, 2.05) is 50.5 Å². The highest BCUT2D eigenvalue weighted by Crippen LogP contribution is 2.39. The molecule has 0 atom stereocenters. The van der Waals surface area contributed by atoms with Crippen molar-refractivity contribution in [2.75, 3.05) is 33.0 Å². The highest BCUT2D eigenvalue weighted by molar-refractivity contribution is 7.16. The molecule has 3 aromatic rings. The summed E-state index contributed by atoms with van der Waals surface area (Å²) in [6, 6.07) is 8.97. The Kier molecular flexibility index (Phi) is 9.17. The number of fused-ring (bicyclic) bond motifs is 1. The first-order valence-electron chi connectivity index (χ1n) is 11.0. The number of para-hydroxylation sites is 1. The number of rotatable bonds is 11. The van der Waals surface area contributed by atoms with E-state index in [-0.39, 0.29) is 0 Å². The van der Waals surface area contributed by atoms with Crippen molar-refractivity contribution in [2.45, 2.75) is 34.2 Å². The second-order valence-corrected chi connectivity index (χ2v) is 8.25. The van der Waals surface area contributed by atoms with Crippen molar-refractivity contribution in [1.29, 1.82) is 0 Å². The van der Waals surface area contributed by atoms with Gasteiger partial charge in [0.25, 0.3) is 5.91 Å². The van der Waals surface area contributed by atoms with Crippen molar-refractivity contribution in [1.82, 2.24) is 4.57 Å². The van der Waals surface area contributed by atoms with Gasteiger partial charge in [0.05, 0.1) is 41.7 Å². The van der Waals surface area contributed by atoms with Crippen molar-refractivity contribution in [3.63, 3.8) is 0 Å². The molecule has 178 valence electrons. The van der Waals surface area contributed by atoms with Gasteiger partial charge in [0.15, 0.2) is 16.3 Å². The van der Waals surface area contributed by atoms with Gasteiger partial charge in [-0.25, -0.2) is 0 Å². The molecule has 0 radical (unpaired) electrons. The van der Waals surface area contributed by atoms with Gasteiger partial charge in [-0.05, 0) is 52.0 Å². The lowest BCUT2D eigenvalue weighted by atomic mass is 10.1. The maximum absolute atomic E-state index is 13.3. The third kappa shape index (κ3) is 5.88. The fraction of sp³-hybridized carbons (Fsp3) is 0.417. The van der Waals surface area contributed by atoms with Crippen LogP contribution in [0.5, 0.6) is 17.2 Å². The van der Waals surface area contributed by atoms with E-state index in [9.17, 15) is 4.79 Å². The van der Waals surface area contributed by atoms with Crippen molar-refractivity contribution >= 4 is 39.1 Å². The minimum Gasteiger partial charge on any atom is -0.490 e. The lowest BCUT2D eigenvalue weighted by molar-refractivity contribution is 0.0995. The summed E-state index contributed by atoms with van der Waals surface area (Å²) < 4.78 is 25.6. The summed E-state index contributed by atoms with van der Waals surface area (Å²) in [6.45, 7) is 10.5. The molecule has 9 heteroatoms. The highest BCUT2D eigenvalue weighted by Gasteiger charge is 2.19. The molecule has 1 amide bonds.